The Morgan fingerprint density at radius 2 is 2.03 bits per heavy atom. The first kappa shape index (κ1) is 23.5. The first-order chi connectivity index (χ1) is 16.9. The maximum Gasteiger partial charge on any atom is 0.439 e. The number of aromatic nitrogens is 6. The second-order valence-corrected chi connectivity index (χ2v) is 10.0. The molecule has 0 amide bonds. The molecule has 0 atom stereocenters. The summed E-state index contributed by atoms with van der Waals surface area (Å²) >= 11 is 6.31. The lowest BCUT2D eigenvalue weighted by atomic mass is 9.83. The predicted octanol–water partition coefficient (Wildman–Crippen LogP) is 6.13. The number of halogens is 1. The number of hydrogen-bond donors (Lipinski definition) is 1. The van der Waals surface area contributed by atoms with Gasteiger partial charge in [-0.05, 0) is 48.8 Å². The van der Waals surface area contributed by atoms with E-state index in [1.54, 1.807) is 12.4 Å². The Balaban J connectivity index is 1.74. The van der Waals surface area contributed by atoms with Crippen LogP contribution in [0.15, 0.2) is 40.4 Å². The molecule has 4 heterocycles. The van der Waals surface area contributed by atoms with Gasteiger partial charge in [0.15, 0.2) is 0 Å². The fourth-order valence-corrected chi connectivity index (χ4v) is 5.17. The van der Waals surface area contributed by atoms with Gasteiger partial charge in [-0.1, -0.05) is 56.4 Å². The van der Waals surface area contributed by atoms with E-state index < -0.39 is 5.76 Å². The van der Waals surface area contributed by atoms with E-state index in [4.69, 9.17) is 26.1 Å². The van der Waals surface area contributed by atoms with Gasteiger partial charge in [0.2, 0.25) is 5.82 Å². The van der Waals surface area contributed by atoms with Crippen molar-refractivity contribution in [1.29, 1.82) is 0 Å². The Morgan fingerprint density at radius 3 is 2.71 bits per heavy atom. The number of aromatic amines is 1. The average Bonchev–Trinajstić information content (AvgIpc) is 3.44. The van der Waals surface area contributed by atoms with Crippen molar-refractivity contribution in [3.05, 3.63) is 52.5 Å². The van der Waals surface area contributed by atoms with Crippen molar-refractivity contribution in [3.8, 4) is 22.8 Å². The van der Waals surface area contributed by atoms with Gasteiger partial charge in [0, 0.05) is 24.5 Å². The summed E-state index contributed by atoms with van der Waals surface area (Å²) in [5.74, 6) is 1.83. The van der Waals surface area contributed by atoms with E-state index in [-0.39, 0.29) is 5.82 Å². The average molecular weight is 493 g/mol. The molecule has 5 rings (SSSR count). The lowest BCUT2D eigenvalue weighted by molar-refractivity contribution is 0.266. The Kier molecular flexibility index (Phi) is 6.56. The lowest BCUT2D eigenvalue weighted by Gasteiger charge is -2.27. The molecule has 0 unspecified atom stereocenters. The van der Waals surface area contributed by atoms with Crippen LogP contribution in [0.1, 0.15) is 58.2 Å². The van der Waals surface area contributed by atoms with Crippen LogP contribution in [0.25, 0.3) is 39.4 Å². The first-order valence-electron chi connectivity index (χ1n) is 12.2. The van der Waals surface area contributed by atoms with Crippen molar-refractivity contribution >= 4 is 28.2 Å². The van der Waals surface area contributed by atoms with Crippen LogP contribution in [0.4, 0.5) is 0 Å². The molecule has 1 fully saturated rings. The zero-order valence-corrected chi connectivity index (χ0v) is 20.8. The minimum Gasteiger partial charge on any atom is -0.322 e. The molecule has 4 aromatic rings. The monoisotopic (exact) mass is 492 g/mol. The van der Waals surface area contributed by atoms with Crippen molar-refractivity contribution < 1.29 is 4.52 Å². The first-order valence-corrected chi connectivity index (χ1v) is 12.6. The minimum atomic E-state index is -0.637. The van der Waals surface area contributed by atoms with Gasteiger partial charge < -0.3 is 4.57 Å². The van der Waals surface area contributed by atoms with Gasteiger partial charge in [-0.15, -0.1) is 0 Å². The molecular formula is C26H29ClN6O2. The highest BCUT2D eigenvalue weighted by Crippen LogP contribution is 2.36. The van der Waals surface area contributed by atoms with Crippen LogP contribution in [0.2, 0.25) is 5.02 Å². The van der Waals surface area contributed by atoms with Gasteiger partial charge in [-0.25, -0.2) is 14.8 Å². The van der Waals surface area contributed by atoms with Crippen LogP contribution in [0, 0.1) is 11.8 Å². The third-order valence-electron chi connectivity index (χ3n) is 6.83. The number of allylic oxidation sites excluding steroid dienone is 1. The molecule has 35 heavy (non-hydrogen) atoms. The highest BCUT2D eigenvalue weighted by atomic mass is 35.5. The third kappa shape index (κ3) is 4.80. The van der Waals surface area contributed by atoms with E-state index in [1.165, 1.54) is 25.7 Å². The van der Waals surface area contributed by atoms with Crippen LogP contribution in [0.5, 0.6) is 0 Å². The van der Waals surface area contributed by atoms with Gasteiger partial charge >= 0.3 is 5.76 Å². The van der Waals surface area contributed by atoms with Gasteiger partial charge in [-0.3, -0.25) is 14.5 Å². The minimum absolute atomic E-state index is 0.248. The molecule has 9 heteroatoms. The molecule has 1 aliphatic rings. The lowest BCUT2D eigenvalue weighted by Crippen LogP contribution is -2.19. The molecule has 0 radical (unpaired) electrons. The Hall–Kier alpha value is -3.26. The smallest absolute Gasteiger partial charge is 0.322 e. The summed E-state index contributed by atoms with van der Waals surface area (Å²) in [6, 6.07) is 3.68. The number of rotatable bonds is 7. The van der Waals surface area contributed by atoms with E-state index in [0.717, 1.165) is 53.3 Å². The van der Waals surface area contributed by atoms with Gasteiger partial charge in [0.1, 0.15) is 11.5 Å². The molecule has 0 aromatic carbocycles. The van der Waals surface area contributed by atoms with Crippen molar-refractivity contribution in [1.82, 2.24) is 29.7 Å². The second-order valence-electron chi connectivity index (χ2n) is 9.58. The van der Waals surface area contributed by atoms with E-state index in [9.17, 15) is 4.79 Å². The zero-order valence-electron chi connectivity index (χ0n) is 20.1. The fraction of sp³-hybridized carbons (Fsp3) is 0.423. The highest BCUT2D eigenvalue weighted by Gasteiger charge is 2.25. The molecule has 8 nitrogen and oxygen atoms in total. The van der Waals surface area contributed by atoms with Crippen LogP contribution in [-0.2, 0) is 6.54 Å². The molecule has 0 saturated heterocycles. The summed E-state index contributed by atoms with van der Waals surface area (Å²) in [5.41, 5.74) is 4.58. The highest BCUT2D eigenvalue weighted by molar-refractivity contribution is 6.30. The topological polar surface area (TPSA) is 102 Å². The van der Waals surface area contributed by atoms with Crippen LogP contribution in [-0.4, -0.2) is 29.7 Å². The number of fused-ring (bicyclic) bond motifs is 1. The summed E-state index contributed by atoms with van der Waals surface area (Å²) in [7, 11) is 0. The molecule has 182 valence electrons. The van der Waals surface area contributed by atoms with E-state index in [0.29, 0.717) is 22.3 Å². The van der Waals surface area contributed by atoms with Crippen molar-refractivity contribution in [2.45, 2.75) is 58.9 Å². The van der Waals surface area contributed by atoms with Crippen LogP contribution >= 0.6 is 11.6 Å². The fourth-order valence-electron chi connectivity index (χ4n) is 4.99. The number of nitrogens with one attached hydrogen (secondary N) is 1. The molecule has 0 aliphatic heterocycles. The van der Waals surface area contributed by atoms with Crippen molar-refractivity contribution in [3.63, 3.8) is 0 Å². The molecule has 1 saturated carbocycles. The van der Waals surface area contributed by atoms with Crippen LogP contribution in [0.3, 0.4) is 0 Å². The molecule has 0 spiro atoms. The van der Waals surface area contributed by atoms with Gasteiger partial charge in [0.05, 0.1) is 21.7 Å². The predicted molar refractivity (Wildman–Crippen MR) is 137 cm³/mol. The standard InChI is InChI=1S/C26H29ClN6O2/c1-4-5-16(3)25-30-20-11-21(24-31-26(34)35-32-24)29-22(18-10-19(27)13-28-12-18)23(20)33(25)14-17-8-6-15(2)7-9-17/h10-13,15,17H,3-9,14H2,1-2H3,(H,31,32,34)/t15-,17-. The van der Waals surface area contributed by atoms with E-state index in [2.05, 4.69) is 40.1 Å². The largest absolute Gasteiger partial charge is 0.439 e. The quantitative estimate of drug-likeness (QED) is 0.333. The Morgan fingerprint density at radius 1 is 1.23 bits per heavy atom. The van der Waals surface area contributed by atoms with E-state index >= 15 is 0 Å². The molecule has 1 N–H and O–H groups in total. The second kappa shape index (κ2) is 9.77. The van der Waals surface area contributed by atoms with E-state index in [1.807, 2.05) is 12.1 Å². The number of hydrogen-bond acceptors (Lipinski definition) is 6. The summed E-state index contributed by atoms with van der Waals surface area (Å²) < 4.78 is 7.01. The summed E-state index contributed by atoms with van der Waals surface area (Å²) in [5, 5.41) is 4.35. The third-order valence-corrected chi connectivity index (χ3v) is 7.04. The maximum atomic E-state index is 11.6. The summed E-state index contributed by atoms with van der Waals surface area (Å²) in [4.78, 5) is 28.4. The molecular weight excluding hydrogens is 464 g/mol. The number of imidazole rings is 1. The Bertz CT molecular complexity index is 1430. The molecule has 0 bridgehead atoms. The zero-order chi connectivity index (χ0) is 24.5. The number of nitrogens with zero attached hydrogens (tertiary/aromatic N) is 5. The molecule has 4 aromatic heterocycles. The maximum absolute atomic E-state index is 11.6. The Labute approximate surface area is 208 Å². The van der Waals surface area contributed by atoms with Crippen molar-refractivity contribution in [2.75, 3.05) is 0 Å². The number of H-pyrrole nitrogens is 1. The number of pyridine rings is 2. The van der Waals surface area contributed by atoms with Gasteiger partial charge in [-0.2, -0.15) is 0 Å². The SMILES string of the molecule is C=C(CCC)c1nc2cc(-c3noc(=O)[nH]3)nc(-c3cncc(Cl)c3)c2n1C[C@H]1CC[C@H](C)CC1. The summed E-state index contributed by atoms with van der Waals surface area (Å²) in [6.07, 6.45) is 10.1. The van der Waals surface area contributed by atoms with Gasteiger partial charge in [0.25, 0.3) is 0 Å². The summed E-state index contributed by atoms with van der Waals surface area (Å²) in [6.45, 7) is 9.69. The van der Waals surface area contributed by atoms with Crippen molar-refractivity contribution in [2.24, 2.45) is 11.8 Å². The van der Waals surface area contributed by atoms with Crippen LogP contribution < -0.4 is 5.76 Å². The molecule has 1 aliphatic carbocycles. The normalized spacial score (nSPS) is 18.3.